The van der Waals surface area contributed by atoms with E-state index in [0.717, 1.165) is 43.6 Å². The van der Waals surface area contributed by atoms with Gasteiger partial charge in [0.05, 0.1) is 18.7 Å². The van der Waals surface area contributed by atoms with E-state index >= 15 is 0 Å². The monoisotopic (exact) mass is 324 g/mol. The lowest BCUT2D eigenvalue weighted by molar-refractivity contribution is -0.0313. The summed E-state index contributed by atoms with van der Waals surface area (Å²) in [5.74, 6) is 0.855. The van der Waals surface area contributed by atoms with Gasteiger partial charge in [-0.25, -0.2) is 0 Å². The lowest BCUT2D eigenvalue weighted by Crippen LogP contribution is -2.51. The van der Waals surface area contributed by atoms with Crippen molar-refractivity contribution in [3.8, 4) is 5.75 Å². The van der Waals surface area contributed by atoms with Gasteiger partial charge >= 0.3 is 0 Å². The molecule has 0 aliphatic carbocycles. The quantitative estimate of drug-likeness (QED) is 0.860. The van der Waals surface area contributed by atoms with Crippen molar-refractivity contribution >= 4 is 10.9 Å². The molecule has 126 valence electrons. The fourth-order valence-electron chi connectivity index (χ4n) is 5.36. The topological polar surface area (TPSA) is 37.6 Å². The maximum atomic E-state index is 11.1. The Kier molecular flexibility index (Phi) is 2.95. The third-order valence-corrected chi connectivity index (χ3v) is 6.48. The highest BCUT2D eigenvalue weighted by Gasteiger charge is 2.51. The van der Waals surface area contributed by atoms with Gasteiger partial charge in [0.1, 0.15) is 12.0 Å². The Morgan fingerprint density at radius 1 is 1.38 bits per heavy atom. The summed E-state index contributed by atoms with van der Waals surface area (Å²) in [7, 11) is 1.70. The largest absolute Gasteiger partial charge is 0.497 e. The Balaban J connectivity index is 1.85. The van der Waals surface area contributed by atoms with Crippen LogP contribution in [0, 0.1) is 5.41 Å². The van der Waals surface area contributed by atoms with Crippen molar-refractivity contribution in [2.45, 2.75) is 38.5 Å². The van der Waals surface area contributed by atoms with Gasteiger partial charge in [0.25, 0.3) is 0 Å². The minimum atomic E-state index is -0.470. The number of benzene rings is 1. The molecule has 0 saturated heterocycles. The SMILES string of the molecule is CC[C@@]12C=CCN3CCc4c(n(c5cc(OC)ccc45)[C@@H](O)C1)[C@@H]32. The van der Waals surface area contributed by atoms with Crippen molar-refractivity contribution < 1.29 is 9.84 Å². The molecule has 4 heterocycles. The van der Waals surface area contributed by atoms with Crippen LogP contribution in [0.3, 0.4) is 0 Å². The zero-order valence-electron chi connectivity index (χ0n) is 14.3. The predicted molar refractivity (Wildman–Crippen MR) is 94.2 cm³/mol. The van der Waals surface area contributed by atoms with Gasteiger partial charge < -0.3 is 14.4 Å². The third kappa shape index (κ3) is 1.65. The Bertz CT molecular complexity index is 853. The van der Waals surface area contributed by atoms with Gasteiger partial charge in [0.15, 0.2) is 0 Å². The molecule has 3 aliphatic heterocycles. The van der Waals surface area contributed by atoms with Gasteiger partial charge in [-0.2, -0.15) is 0 Å². The van der Waals surface area contributed by atoms with E-state index in [1.54, 1.807) is 7.11 Å². The maximum Gasteiger partial charge on any atom is 0.131 e. The van der Waals surface area contributed by atoms with E-state index in [-0.39, 0.29) is 5.41 Å². The second kappa shape index (κ2) is 4.87. The van der Waals surface area contributed by atoms with Crippen LogP contribution in [-0.4, -0.2) is 34.8 Å². The van der Waals surface area contributed by atoms with Gasteiger partial charge in [-0.15, -0.1) is 0 Å². The molecule has 1 N–H and O–H groups in total. The second-order valence-electron chi connectivity index (χ2n) is 7.44. The number of rotatable bonds is 2. The molecule has 1 aromatic carbocycles. The summed E-state index contributed by atoms with van der Waals surface area (Å²) in [6.07, 6.45) is 7.12. The van der Waals surface area contributed by atoms with Gasteiger partial charge in [0, 0.05) is 42.1 Å². The number of methoxy groups -OCH3 is 1. The molecule has 2 aromatic rings. The standard InChI is InChI=1S/C20H24N2O2/c1-3-20-8-4-9-21-10-7-15-14-6-5-13(24-2)11-16(14)22(17(23)12-20)18(15)19(20)21/h4-6,8,11,17,19,23H,3,7,9-10,12H2,1-2H3/t17-,19+,20+/m0/s1. The van der Waals surface area contributed by atoms with Gasteiger partial charge in [-0.05, 0) is 30.5 Å². The van der Waals surface area contributed by atoms with Crippen LogP contribution >= 0.6 is 0 Å². The van der Waals surface area contributed by atoms with Crippen molar-refractivity contribution in [2.75, 3.05) is 20.2 Å². The van der Waals surface area contributed by atoms with E-state index < -0.39 is 6.23 Å². The molecule has 0 amide bonds. The number of ether oxygens (including phenoxy) is 1. The van der Waals surface area contributed by atoms with E-state index in [1.807, 2.05) is 6.07 Å². The molecule has 1 aromatic heterocycles. The van der Waals surface area contributed by atoms with E-state index in [4.69, 9.17) is 4.74 Å². The van der Waals surface area contributed by atoms with Gasteiger partial charge in [0.2, 0.25) is 0 Å². The molecule has 0 fully saturated rings. The number of aliphatic hydroxyl groups is 1. The highest BCUT2D eigenvalue weighted by Crippen LogP contribution is 2.57. The van der Waals surface area contributed by atoms with Crippen LogP contribution in [0.5, 0.6) is 5.75 Å². The minimum absolute atomic E-state index is 0.0568. The summed E-state index contributed by atoms with van der Waals surface area (Å²) in [5, 5.41) is 12.3. The second-order valence-corrected chi connectivity index (χ2v) is 7.44. The van der Waals surface area contributed by atoms with E-state index in [2.05, 4.69) is 40.7 Å². The van der Waals surface area contributed by atoms with Crippen molar-refractivity contribution in [1.82, 2.24) is 9.47 Å². The van der Waals surface area contributed by atoms with Crippen LogP contribution in [0.1, 0.15) is 43.3 Å². The molecule has 24 heavy (non-hydrogen) atoms. The number of hydrogen-bond acceptors (Lipinski definition) is 3. The van der Waals surface area contributed by atoms with Crippen LogP contribution in [0.2, 0.25) is 0 Å². The summed E-state index contributed by atoms with van der Waals surface area (Å²) >= 11 is 0. The molecular formula is C20H24N2O2. The highest BCUT2D eigenvalue weighted by atomic mass is 16.5. The van der Waals surface area contributed by atoms with Crippen molar-refractivity contribution in [1.29, 1.82) is 0 Å². The van der Waals surface area contributed by atoms with Crippen LogP contribution in [0.25, 0.3) is 10.9 Å². The maximum absolute atomic E-state index is 11.1. The fraction of sp³-hybridized carbons (Fsp3) is 0.500. The molecule has 0 spiro atoms. The van der Waals surface area contributed by atoms with Crippen molar-refractivity contribution in [3.63, 3.8) is 0 Å². The zero-order valence-corrected chi connectivity index (χ0v) is 14.3. The fourth-order valence-corrected chi connectivity index (χ4v) is 5.36. The number of hydrogen-bond donors (Lipinski definition) is 1. The summed E-state index contributed by atoms with van der Waals surface area (Å²) < 4.78 is 7.62. The Labute approximate surface area is 142 Å². The Morgan fingerprint density at radius 3 is 3.04 bits per heavy atom. The molecule has 5 rings (SSSR count). The molecule has 0 saturated carbocycles. The molecule has 4 nitrogen and oxygen atoms in total. The number of aromatic nitrogens is 1. The Morgan fingerprint density at radius 2 is 2.25 bits per heavy atom. The lowest BCUT2D eigenvalue weighted by Gasteiger charge is -2.53. The molecule has 4 heteroatoms. The summed E-state index contributed by atoms with van der Waals surface area (Å²) in [6, 6.07) is 6.68. The molecule has 0 bridgehead atoms. The Hall–Kier alpha value is -1.78. The normalized spacial score (nSPS) is 31.3. The van der Waals surface area contributed by atoms with Crippen LogP contribution in [0.15, 0.2) is 30.4 Å². The average molecular weight is 324 g/mol. The van der Waals surface area contributed by atoms with Crippen molar-refractivity contribution in [2.24, 2.45) is 5.41 Å². The number of aliphatic hydroxyl groups excluding tert-OH is 1. The molecular weight excluding hydrogens is 300 g/mol. The van der Waals surface area contributed by atoms with Crippen molar-refractivity contribution in [3.05, 3.63) is 41.6 Å². The number of nitrogens with zero attached hydrogens (tertiary/aromatic N) is 2. The first-order chi connectivity index (χ1) is 11.7. The minimum Gasteiger partial charge on any atom is -0.497 e. The molecule has 3 atom stereocenters. The summed E-state index contributed by atoms with van der Waals surface area (Å²) in [4.78, 5) is 2.60. The van der Waals surface area contributed by atoms with Gasteiger partial charge in [-0.1, -0.05) is 19.1 Å². The molecule has 0 unspecified atom stereocenters. The van der Waals surface area contributed by atoms with Crippen LogP contribution in [-0.2, 0) is 6.42 Å². The average Bonchev–Trinajstić information content (AvgIpc) is 2.95. The van der Waals surface area contributed by atoms with E-state index in [0.29, 0.717) is 6.04 Å². The smallest absolute Gasteiger partial charge is 0.131 e. The first-order valence-electron chi connectivity index (χ1n) is 8.99. The summed E-state index contributed by atoms with van der Waals surface area (Å²) in [6.45, 7) is 4.38. The van der Waals surface area contributed by atoms with E-state index in [1.165, 1.54) is 16.6 Å². The number of fused-ring (bicyclic) bond motifs is 3. The van der Waals surface area contributed by atoms with Gasteiger partial charge in [-0.3, -0.25) is 4.90 Å². The van der Waals surface area contributed by atoms with E-state index in [9.17, 15) is 5.11 Å². The molecule has 3 aliphatic rings. The third-order valence-electron chi connectivity index (χ3n) is 6.48. The first kappa shape index (κ1) is 14.6. The zero-order chi connectivity index (χ0) is 16.5. The molecule has 0 radical (unpaired) electrons. The van der Waals surface area contributed by atoms with Crippen LogP contribution < -0.4 is 4.74 Å². The highest BCUT2D eigenvalue weighted by molar-refractivity contribution is 5.87. The predicted octanol–water partition coefficient (Wildman–Crippen LogP) is 3.41. The first-order valence-corrected chi connectivity index (χ1v) is 8.99. The summed E-state index contributed by atoms with van der Waals surface area (Å²) in [5.41, 5.74) is 3.95. The van der Waals surface area contributed by atoms with Crippen LogP contribution in [0.4, 0.5) is 0 Å². The lowest BCUT2D eigenvalue weighted by atomic mass is 9.67.